The van der Waals surface area contributed by atoms with Crippen LogP contribution in [0.2, 0.25) is 0 Å². The molecule has 26 heavy (non-hydrogen) atoms. The van der Waals surface area contributed by atoms with E-state index >= 15 is 0 Å². The Morgan fingerprint density at radius 2 is 1.92 bits per heavy atom. The highest BCUT2D eigenvalue weighted by Gasteiger charge is 2.36. The van der Waals surface area contributed by atoms with E-state index in [1.165, 1.54) is 19.2 Å². The van der Waals surface area contributed by atoms with Crippen LogP contribution in [0.15, 0.2) is 42.5 Å². The van der Waals surface area contributed by atoms with Crippen LogP contribution in [-0.2, 0) is 13.0 Å². The van der Waals surface area contributed by atoms with E-state index in [1.54, 1.807) is 24.3 Å². The zero-order valence-electron chi connectivity index (χ0n) is 15.0. The van der Waals surface area contributed by atoms with Crippen molar-refractivity contribution in [2.24, 2.45) is 5.41 Å². The number of likely N-dealkylation sites (tertiary alicyclic amines) is 1. The molecule has 0 radical (unpaired) electrons. The van der Waals surface area contributed by atoms with Crippen molar-refractivity contribution in [2.45, 2.75) is 25.8 Å². The van der Waals surface area contributed by atoms with Gasteiger partial charge in [-0.15, -0.1) is 0 Å². The van der Waals surface area contributed by atoms with E-state index in [9.17, 15) is 13.9 Å². The minimum absolute atomic E-state index is 0.0110. The molecule has 3 nitrogen and oxygen atoms in total. The number of aliphatic hydroxyl groups is 1. The van der Waals surface area contributed by atoms with Crippen LogP contribution in [0.1, 0.15) is 24.0 Å². The van der Waals surface area contributed by atoms with Crippen molar-refractivity contribution >= 4 is 0 Å². The van der Waals surface area contributed by atoms with Gasteiger partial charge in [0.1, 0.15) is 17.4 Å². The van der Waals surface area contributed by atoms with Crippen molar-refractivity contribution in [3.63, 3.8) is 0 Å². The van der Waals surface area contributed by atoms with Gasteiger partial charge >= 0.3 is 0 Å². The van der Waals surface area contributed by atoms with Gasteiger partial charge in [0.25, 0.3) is 0 Å². The first kappa shape index (κ1) is 18.8. The third kappa shape index (κ3) is 4.22. The molecule has 0 spiro atoms. The van der Waals surface area contributed by atoms with Gasteiger partial charge in [-0.25, -0.2) is 8.78 Å². The quantitative estimate of drug-likeness (QED) is 0.850. The normalized spacial score (nSPS) is 20.9. The molecule has 0 saturated carbocycles. The van der Waals surface area contributed by atoms with Gasteiger partial charge in [0.15, 0.2) is 0 Å². The Morgan fingerprint density at radius 1 is 1.12 bits per heavy atom. The maximum atomic E-state index is 14.3. The van der Waals surface area contributed by atoms with E-state index in [-0.39, 0.29) is 18.2 Å². The summed E-state index contributed by atoms with van der Waals surface area (Å²) < 4.78 is 33.4. The molecule has 0 bridgehead atoms. The monoisotopic (exact) mass is 361 g/mol. The van der Waals surface area contributed by atoms with Gasteiger partial charge in [-0.05, 0) is 43.5 Å². The highest BCUT2D eigenvalue weighted by molar-refractivity contribution is 5.29. The van der Waals surface area contributed by atoms with Crippen LogP contribution in [0.4, 0.5) is 8.78 Å². The van der Waals surface area contributed by atoms with Crippen LogP contribution in [0.25, 0.3) is 0 Å². The lowest BCUT2D eigenvalue weighted by Crippen LogP contribution is -2.46. The Labute approximate surface area is 153 Å². The molecule has 1 atom stereocenters. The van der Waals surface area contributed by atoms with Gasteiger partial charge in [-0.2, -0.15) is 0 Å². The second-order valence-corrected chi connectivity index (χ2v) is 7.20. The fourth-order valence-corrected chi connectivity index (χ4v) is 3.84. The number of halogens is 2. The number of methoxy groups -OCH3 is 1. The van der Waals surface area contributed by atoms with Crippen LogP contribution >= 0.6 is 0 Å². The first-order valence-corrected chi connectivity index (χ1v) is 8.94. The first-order chi connectivity index (χ1) is 12.5. The van der Waals surface area contributed by atoms with Crippen LogP contribution in [-0.4, -0.2) is 36.8 Å². The molecule has 5 heteroatoms. The van der Waals surface area contributed by atoms with Gasteiger partial charge in [0, 0.05) is 30.1 Å². The average Bonchev–Trinajstić information content (AvgIpc) is 2.65. The third-order valence-electron chi connectivity index (χ3n) is 5.25. The van der Waals surface area contributed by atoms with Crippen molar-refractivity contribution < 1.29 is 18.6 Å². The summed E-state index contributed by atoms with van der Waals surface area (Å²) in [5, 5.41) is 10.1. The molecular formula is C21H25F2NO2. The molecule has 2 aromatic carbocycles. The van der Waals surface area contributed by atoms with E-state index in [0.29, 0.717) is 36.4 Å². The lowest BCUT2D eigenvalue weighted by Gasteiger charge is -2.42. The molecular weight excluding hydrogens is 336 g/mol. The molecule has 1 heterocycles. The SMILES string of the molecule is COc1ccc(CN2CCC[C@@](CO)(Cc3ccccc3F)C2)c(F)c1. The van der Waals surface area contributed by atoms with Crippen LogP contribution in [0, 0.1) is 17.0 Å². The molecule has 0 aromatic heterocycles. The van der Waals surface area contributed by atoms with Crippen molar-refractivity contribution in [3.8, 4) is 5.75 Å². The average molecular weight is 361 g/mol. The van der Waals surface area contributed by atoms with Crippen molar-refractivity contribution in [2.75, 3.05) is 26.8 Å². The first-order valence-electron chi connectivity index (χ1n) is 8.94. The predicted molar refractivity (Wildman–Crippen MR) is 97.1 cm³/mol. The Bertz CT molecular complexity index is 753. The number of nitrogens with zero attached hydrogens (tertiary/aromatic N) is 1. The van der Waals surface area contributed by atoms with Gasteiger partial charge in [0.2, 0.25) is 0 Å². The second kappa shape index (κ2) is 8.14. The van der Waals surface area contributed by atoms with E-state index in [4.69, 9.17) is 4.74 Å². The molecule has 1 N–H and O–H groups in total. The molecule has 1 aliphatic heterocycles. The minimum atomic E-state index is -0.399. The molecule has 1 fully saturated rings. The number of ether oxygens (including phenoxy) is 1. The summed E-state index contributed by atoms with van der Waals surface area (Å²) >= 11 is 0. The van der Waals surface area contributed by atoms with Crippen LogP contribution in [0.5, 0.6) is 5.75 Å². The minimum Gasteiger partial charge on any atom is -0.497 e. The molecule has 2 aromatic rings. The van der Waals surface area contributed by atoms with Gasteiger partial charge in [0.05, 0.1) is 13.7 Å². The van der Waals surface area contributed by atoms with Gasteiger partial charge in [-0.3, -0.25) is 4.90 Å². The fourth-order valence-electron chi connectivity index (χ4n) is 3.84. The maximum Gasteiger partial charge on any atom is 0.131 e. The predicted octanol–water partition coefficient (Wildman–Crippen LogP) is 3.79. The Hall–Kier alpha value is -1.98. The topological polar surface area (TPSA) is 32.7 Å². The van der Waals surface area contributed by atoms with Crippen molar-refractivity contribution in [1.82, 2.24) is 4.90 Å². The Kier molecular flexibility index (Phi) is 5.89. The molecule has 3 rings (SSSR count). The summed E-state index contributed by atoms with van der Waals surface area (Å²) in [7, 11) is 1.51. The Balaban J connectivity index is 1.74. The highest BCUT2D eigenvalue weighted by Crippen LogP contribution is 2.35. The summed E-state index contributed by atoms with van der Waals surface area (Å²) in [5.74, 6) is -0.0357. The number of aliphatic hydroxyl groups excluding tert-OH is 1. The molecule has 0 aliphatic carbocycles. The summed E-state index contributed by atoms with van der Waals surface area (Å²) in [6.07, 6.45) is 2.21. The number of piperidine rings is 1. The van der Waals surface area contributed by atoms with E-state index in [1.807, 2.05) is 6.07 Å². The lowest BCUT2D eigenvalue weighted by molar-refractivity contribution is 0.0278. The van der Waals surface area contributed by atoms with E-state index in [0.717, 1.165) is 19.4 Å². The standard InChI is InChI=1S/C21H25F2NO2/c1-26-18-8-7-17(20(23)11-18)13-24-10-4-9-21(14-24,15-25)12-16-5-2-3-6-19(16)22/h2-3,5-8,11,25H,4,9-10,12-15H2,1H3/t21-/m1/s1. The van der Waals surface area contributed by atoms with E-state index < -0.39 is 5.41 Å². The zero-order chi connectivity index (χ0) is 18.6. The van der Waals surface area contributed by atoms with Crippen LogP contribution < -0.4 is 4.74 Å². The number of hydrogen-bond donors (Lipinski definition) is 1. The van der Waals surface area contributed by atoms with Crippen molar-refractivity contribution in [1.29, 1.82) is 0 Å². The number of hydrogen-bond acceptors (Lipinski definition) is 3. The highest BCUT2D eigenvalue weighted by atomic mass is 19.1. The molecule has 0 amide bonds. The summed E-state index contributed by atoms with van der Waals surface area (Å²) in [4.78, 5) is 2.14. The molecule has 0 unspecified atom stereocenters. The zero-order valence-corrected chi connectivity index (χ0v) is 15.0. The largest absolute Gasteiger partial charge is 0.497 e. The van der Waals surface area contributed by atoms with E-state index in [2.05, 4.69) is 4.90 Å². The summed E-state index contributed by atoms with van der Waals surface area (Å²) in [6, 6.07) is 11.6. The smallest absolute Gasteiger partial charge is 0.131 e. The fraction of sp³-hybridized carbons (Fsp3) is 0.429. The summed E-state index contributed by atoms with van der Waals surface area (Å²) in [5.41, 5.74) is 0.827. The number of rotatable bonds is 6. The second-order valence-electron chi connectivity index (χ2n) is 7.20. The van der Waals surface area contributed by atoms with Crippen LogP contribution in [0.3, 0.4) is 0 Å². The number of benzene rings is 2. The molecule has 1 aliphatic rings. The molecule has 1 saturated heterocycles. The third-order valence-corrected chi connectivity index (χ3v) is 5.25. The summed E-state index contributed by atoms with van der Waals surface area (Å²) in [6.45, 7) is 1.91. The lowest BCUT2D eigenvalue weighted by atomic mass is 9.75. The van der Waals surface area contributed by atoms with Crippen molar-refractivity contribution in [3.05, 3.63) is 65.2 Å². The van der Waals surface area contributed by atoms with Gasteiger partial charge in [-0.1, -0.05) is 24.3 Å². The molecule has 140 valence electrons. The maximum absolute atomic E-state index is 14.3. The Morgan fingerprint density at radius 3 is 2.62 bits per heavy atom. The van der Waals surface area contributed by atoms with Gasteiger partial charge < -0.3 is 9.84 Å².